The lowest BCUT2D eigenvalue weighted by atomic mass is 9.86. The molecule has 1 amide bonds. The molecule has 1 aliphatic rings. The van der Waals surface area contributed by atoms with Gasteiger partial charge in [-0.1, -0.05) is 32.9 Å². The van der Waals surface area contributed by atoms with E-state index in [4.69, 9.17) is 0 Å². The number of nitrogens with zero attached hydrogens (tertiary/aromatic N) is 2. The molecular weight excluding hydrogens is 440 g/mol. The van der Waals surface area contributed by atoms with Crippen molar-refractivity contribution in [3.8, 4) is 0 Å². The molecule has 0 aromatic heterocycles. The monoisotopic (exact) mass is 468 g/mol. The molecule has 0 radical (unpaired) electrons. The highest BCUT2D eigenvalue weighted by atomic mass is 32.2. The summed E-state index contributed by atoms with van der Waals surface area (Å²) in [6.45, 7) is 9.59. The van der Waals surface area contributed by atoms with Crippen molar-refractivity contribution in [2.24, 2.45) is 0 Å². The van der Waals surface area contributed by atoms with Gasteiger partial charge in [0.25, 0.3) is 5.91 Å². The second-order valence-corrected chi connectivity index (χ2v) is 10.1. The maximum absolute atomic E-state index is 14.6. The minimum absolute atomic E-state index is 0.00253. The summed E-state index contributed by atoms with van der Waals surface area (Å²) in [5.41, 5.74) is 2.52. The lowest BCUT2D eigenvalue weighted by molar-refractivity contribution is -0.105. The SMILES string of the molecule is Cc1cc(F)c(N2CCN(C(=O)c3ccc(C(C)(C)C)cc3)CC2)cc1SCC(F)(F)F. The van der Waals surface area contributed by atoms with Crippen LogP contribution in [0, 0.1) is 12.7 Å². The van der Waals surface area contributed by atoms with Gasteiger partial charge >= 0.3 is 6.18 Å². The fraction of sp³-hybridized carbons (Fsp3) is 0.458. The molecule has 2 aromatic carbocycles. The van der Waals surface area contributed by atoms with E-state index in [9.17, 15) is 22.4 Å². The Hall–Kier alpha value is -2.22. The molecule has 0 saturated carbocycles. The van der Waals surface area contributed by atoms with Gasteiger partial charge in [-0.2, -0.15) is 13.2 Å². The van der Waals surface area contributed by atoms with E-state index in [1.54, 1.807) is 16.7 Å². The van der Waals surface area contributed by atoms with Crippen LogP contribution in [0.2, 0.25) is 0 Å². The van der Waals surface area contributed by atoms with E-state index in [1.807, 2.05) is 24.3 Å². The van der Waals surface area contributed by atoms with Gasteiger partial charge in [-0.3, -0.25) is 4.79 Å². The molecule has 0 spiro atoms. The number of benzene rings is 2. The number of alkyl halides is 3. The Bertz CT molecular complexity index is 960. The summed E-state index contributed by atoms with van der Waals surface area (Å²) >= 11 is 0.663. The summed E-state index contributed by atoms with van der Waals surface area (Å²) < 4.78 is 52.4. The van der Waals surface area contributed by atoms with Crippen LogP contribution in [-0.4, -0.2) is 48.9 Å². The number of aryl methyl sites for hydroxylation is 1. The third-order valence-corrected chi connectivity index (χ3v) is 6.76. The number of rotatable bonds is 4. The largest absolute Gasteiger partial charge is 0.398 e. The molecule has 3 rings (SSSR count). The quantitative estimate of drug-likeness (QED) is 0.403. The lowest BCUT2D eigenvalue weighted by Gasteiger charge is -2.36. The fourth-order valence-electron chi connectivity index (χ4n) is 3.65. The Kier molecular flexibility index (Phi) is 7.12. The van der Waals surface area contributed by atoms with Crippen LogP contribution >= 0.6 is 11.8 Å². The first kappa shape index (κ1) is 24.4. The Morgan fingerprint density at radius 2 is 1.59 bits per heavy atom. The van der Waals surface area contributed by atoms with E-state index < -0.39 is 17.7 Å². The highest BCUT2D eigenvalue weighted by Gasteiger charge is 2.29. The van der Waals surface area contributed by atoms with E-state index >= 15 is 0 Å². The zero-order chi connectivity index (χ0) is 23.7. The van der Waals surface area contributed by atoms with Crippen molar-refractivity contribution >= 4 is 23.4 Å². The van der Waals surface area contributed by atoms with Crippen molar-refractivity contribution in [2.45, 2.75) is 44.2 Å². The number of hydrogen-bond donors (Lipinski definition) is 0. The smallest absolute Gasteiger partial charge is 0.366 e. The summed E-state index contributed by atoms with van der Waals surface area (Å²) in [7, 11) is 0. The van der Waals surface area contributed by atoms with Crippen LogP contribution in [0.4, 0.5) is 23.2 Å². The Balaban J connectivity index is 1.67. The van der Waals surface area contributed by atoms with Gasteiger partial charge in [0, 0.05) is 36.6 Å². The van der Waals surface area contributed by atoms with Crippen LogP contribution in [0.3, 0.4) is 0 Å². The number of carbonyl (C=O) groups is 1. The topological polar surface area (TPSA) is 23.6 Å². The van der Waals surface area contributed by atoms with Crippen molar-refractivity contribution in [3.05, 3.63) is 58.9 Å². The number of anilines is 1. The maximum Gasteiger partial charge on any atom is 0.398 e. The highest BCUT2D eigenvalue weighted by molar-refractivity contribution is 7.99. The highest BCUT2D eigenvalue weighted by Crippen LogP contribution is 2.34. The summed E-state index contributed by atoms with van der Waals surface area (Å²) in [6.07, 6.45) is -4.29. The van der Waals surface area contributed by atoms with E-state index in [1.165, 1.54) is 12.1 Å². The van der Waals surface area contributed by atoms with Gasteiger partial charge in [0.2, 0.25) is 0 Å². The average molecular weight is 469 g/mol. The first-order valence-corrected chi connectivity index (χ1v) is 11.5. The van der Waals surface area contributed by atoms with Gasteiger partial charge in [-0.15, -0.1) is 11.8 Å². The van der Waals surface area contributed by atoms with Crippen molar-refractivity contribution < 1.29 is 22.4 Å². The zero-order valence-electron chi connectivity index (χ0n) is 18.7. The van der Waals surface area contributed by atoms with Crippen molar-refractivity contribution in [3.63, 3.8) is 0 Å². The summed E-state index contributed by atoms with van der Waals surface area (Å²) in [4.78, 5) is 16.8. The average Bonchev–Trinajstić information content (AvgIpc) is 2.71. The minimum atomic E-state index is -4.29. The molecule has 0 aliphatic carbocycles. The fourth-order valence-corrected chi connectivity index (χ4v) is 4.45. The number of thioether (sulfide) groups is 1. The van der Waals surface area contributed by atoms with Crippen molar-refractivity contribution in [2.75, 3.05) is 36.8 Å². The van der Waals surface area contributed by atoms with Crippen molar-refractivity contribution in [1.29, 1.82) is 0 Å². The van der Waals surface area contributed by atoms with Crippen LogP contribution in [0.5, 0.6) is 0 Å². The molecule has 3 nitrogen and oxygen atoms in total. The predicted octanol–water partition coefficient (Wildman–Crippen LogP) is 6.05. The van der Waals surface area contributed by atoms with Crippen LogP contribution in [0.25, 0.3) is 0 Å². The number of carbonyl (C=O) groups excluding carboxylic acids is 1. The van der Waals surface area contributed by atoms with E-state index in [0.717, 1.165) is 5.56 Å². The van der Waals surface area contributed by atoms with E-state index in [2.05, 4.69) is 20.8 Å². The Morgan fingerprint density at radius 3 is 2.12 bits per heavy atom. The normalized spacial score (nSPS) is 15.2. The Labute approximate surface area is 190 Å². The van der Waals surface area contributed by atoms with Gasteiger partial charge < -0.3 is 9.80 Å². The first-order chi connectivity index (χ1) is 14.8. The first-order valence-electron chi connectivity index (χ1n) is 10.5. The molecule has 174 valence electrons. The molecule has 0 bridgehead atoms. The molecule has 0 atom stereocenters. The van der Waals surface area contributed by atoms with E-state index in [-0.39, 0.29) is 17.0 Å². The second-order valence-electron chi connectivity index (χ2n) is 9.08. The minimum Gasteiger partial charge on any atom is -0.366 e. The number of amides is 1. The van der Waals surface area contributed by atoms with E-state index in [0.29, 0.717) is 54.0 Å². The molecule has 8 heteroatoms. The molecule has 2 aromatic rings. The molecule has 32 heavy (non-hydrogen) atoms. The molecule has 0 N–H and O–H groups in total. The maximum atomic E-state index is 14.6. The van der Waals surface area contributed by atoms with Gasteiger partial charge in [-0.05, 0) is 47.7 Å². The molecular formula is C24H28F4N2OS. The van der Waals surface area contributed by atoms with Gasteiger partial charge in [0.05, 0.1) is 11.4 Å². The lowest BCUT2D eigenvalue weighted by Crippen LogP contribution is -2.49. The molecule has 1 fully saturated rings. The van der Waals surface area contributed by atoms with Crippen LogP contribution in [-0.2, 0) is 5.41 Å². The van der Waals surface area contributed by atoms with Gasteiger partial charge in [-0.25, -0.2) is 4.39 Å². The summed E-state index contributed by atoms with van der Waals surface area (Å²) in [5.74, 6) is -1.55. The molecule has 1 aliphatic heterocycles. The van der Waals surface area contributed by atoms with Gasteiger partial charge in [0.15, 0.2) is 0 Å². The second kappa shape index (κ2) is 9.33. The van der Waals surface area contributed by atoms with Crippen molar-refractivity contribution in [1.82, 2.24) is 4.90 Å². The third kappa shape index (κ3) is 5.97. The number of piperazine rings is 1. The number of halogens is 4. The van der Waals surface area contributed by atoms with Gasteiger partial charge in [0.1, 0.15) is 5.82 Å². The van der Waals surface area contributed by atoms with Crippen LogP contribution < -0.4 is 4.90 Å². The molecule has 1 heterocycles. The zero-order valence-corrected chi connectivity index (χ0v) is 19.5. The Morgan fingerprint density at radius 1 is 1.00 bits per heavy atom. The summed E-state index contributed by atoms with van der Waals surface area (Å²) in [5, 5.41) is 0. The standard InChI is InChI=1S/C24H28F4N2OS/c1-16-13-19(25)20(14-21(16)32-15-24(26,27)28)29-9-11-30(12-10-29)22(31)17-5-7-18(8-6-17)23(2,3)4/h5-8,13-14H,9-12,15H2,1-4H3. The predicted molar refractivity (Wildman–Crippen MR) is 121 cm³/mol. The molecule has 0 unspecified atom stereocenters. The third-order valence-electron chi connectivity index (χ3n) is 5.54. The van der Waals surface area contributed by atoms with Crippen LogP contribution in [0.15, 0.2) is 41.3 Å². The summed E-state index contributed by atoms with van der Waals surface area (Å²) in [6, 6.07) is 10.4. The number of hydrogen-bond acceptors (Lipinski definition) is 3. The molecule has 1 saturated heterocycles. The van der Waals surface area contributed by atoms with Crippen LogP contribution in [0.1, 0.15) is 42.3 Å².